The number of aryl methyl sites for hydroxylation is 1. The van der Waals surface area contributed by atoms with Crippen LogP contribution in [0.25, 0.3) is 11.2 Å². The Hall–Kier alpha value is -2.38. The highest BCUT2D eigenvalue weighted by Crippen LogP contribution is 2.61. The van der Waals surface area contributed by atoms with Crippen LogP contribution in [0.4, 0.5) is 0 Å². The lowest BCUT2D eigenvalue weighted by molar-refractivity contribution is -0.138. The number of aromatic nitrogens is 4. The van der Waals surface area contributed by atoms with E-state index in [9.17, 15) is 14.4 Å². The van der Waals surface area contributed by atoms with E-state index in [4.69, 9.17) is 10.1 Å². The first kappa shape index (κ1) is 21.8. The van der Waals surface area contributed by atoms with Crippen molar-refractivity contribution in [1.29, 1.82) is 0 Å². The molecule has 2 heterocycles. The van der Waals surface area contributed by atoms with Crippen LogP contribution in [0.2, 0.25) is 0 Å². The van der Waals surface area contributed by atoms with Gasteiger partial charge in [-0.3, -0.25) is 18.7 Å². The van der Waals surface area contributed by atoms with Crippen molar-refractivity contribution in [3.05, 3.63) is 26.7 Å². The lowest BCUT2D eigenvalue weighted by atomic mass is 9.48. The molecule has 2 aromatic rings. The zero-order valence-corrected chi connectivity index (χ0v) is 18.9. The monoisotopic (exact) mass is 430 g/mol. The third-order valence-electron chi connectivity index (χ3n) is 7.98. The standard InChI is InChI=1S/C23H34N4O4/c1-4-12-26-18-17(19(30)27(13-5-2)21(26)31)24-20(25-18)23-10-8-22(9-11-23,14-15(23)3)7-6-16(28)29/h15H,4-14H2,1-3H3,(H,24,25)(H,28,29)/t15-,22?,23?/m1/s1. The first-order valence-corrected chi connectivity index (χ1v) is 11.7. The van der Waals surface area contributed by atoms with Crippen molar-refractivity contribution in [1.82, 2.24) is 19.1 Å². The van der Waals surface area contributed by atoms with Gasteiger partial charge in [0, 0.05) is 24.9 Å². The van der Waals surface area contributed by atoms with Crippen molar-refractivity contribution >= 4 is 17.1 Å². The maximum Gasteiger partial charge on any atom is 0.332 e. The summed E-state index contributed by atoms with van der Waals surface area (Å²) in [5.41, 5.74) is 0.340. The van der Waals surface area contributed by atoms with E-state index in [-0.39, 0.29) is 28.5 Å². The van der Waals surface area contributed by atoms with E-state index in [1.54, 1.807) is 4.57 Å². The van der Waals surface area contributed by atoms with Gasteiger partial charge in [-0.05, 0) is 62.7 Å². The van der Waals surface area contributed by atoms with Gasteiger partial charge >= 0.3 is 11.7 Å². The second-order valence-corrected chi connectivity index (χ2v) is 9.83. The topological polar surface area (TPSA) is 110 Å². The maximum absolute atomic E-state index is 13.1. The van der Waals surface area contributed by atoms with Crippen LogP contribution in [0.3, 0.4) is 0 Å². The number of nitrogens with one attached hydrogen (secondary N) is 1. The highest BCUT2D eigenvalue weighted by Gasteiger charge is 2.54. The van der Waals surface area contributed by atoms with Crippen LogP contribution in [-0.2, 0) is 23.3 Å². The Morgan fingerprint density at radius 2 is 1.77 bits per heavy atom. The van der Waals surface area contributed by atoms with Crippen LogP contribution in [0, 0.1) is 11.3 Å². The Bertz CT molecular complexity index is 1100. The van der Waals surface area contributed by atoms with Crippen LogP contribution in [0.5, 0.6) is 0 Å². The van der Waals surface area contributed by atoms with Gasteiger partial charge in [0.2, 0.25) is 0 Å². The first-order chi connectivity index (χ1) is 14.8. The number of carboxylic acids is 1. The molecule has 2 aromatic heterocycles. The number of nitrogens with zero attached hydrogens (tertiary/aromatic N) is 3. The molecule has 1 atom stereocenters. The molecule has 0 saturated heterocycles. The molecular weight excluding hydrogens is 396 g/mol. The molecule has 3 fully saturated rings. The lowest BCUT2D eigenvalue weighted by Gasteiger charge is -2.56. The molecule has 2 N–H and O–H groups in total. The number of rotatable bonds is 8. The molecule has 0 aliphatic heterocycles. The summed E-state index contributed by atoms with van der Waals surface area (Å²) in [4.78, 5) is 45.5. The van der Waals surface area contributed by atoms with Gasteiger partial charge in [0.25, 0.3) is 5.56 Å². The number of imidazole rings is 1. The Kier molecular flexibility index (Phi) is 5.60. The molecule has 3 aliphatic rings. The van der Waals surface area contributed by atoms with Gasteiger partial charge in [0.05, 0.1) is 0 Å². The molecule has 0 amide bonds. The van der Waals surface area contributed by atoms with Crippen LogP contribution in [0.15, 0.2) is 9.59 Å². The third kappa shape index (κ3) is 3.44. The summed E-state index contributed by atoms with van der Waals surface area (Å²) in [5.74, 6) is 0.449. The molecular formula is C23H34N4O4. The summed E-state index contributed by atoms with van der Waals surface area (Å²) in [6.07, 6.45) is 7.31. The van der Waals surface area contributed by atoms with E-state index in [1.807, 2.05) is 13.8 Å². The number of fused-ring (bicyclic) bond motifs is 4. The van der Waals surface area contributed by atoms with E-state index in [1.165, 1.54) is 4.57 Å². The van der Waals surface area contributed by atoms with Crippen LogP contribution in [0.1, 0.15) is 84.4 Å². The van der Waals surface area contributed by atoms with Crippen molar-refractivity contribution in [2.45, 2.75) is 97.1 Å². The summed E-state index contributed by atoms with van der Waals surface area (Å²) in [6.45, 7) is 7.14. The molecule has 31 heavy (non-hydrogen) atoms. The normalized spacial score (nSPS) is 27.8. The Balaban J connectivity index is 1.77. The Labute approximate surface area is 181 Å². The largest absolute Gasteiger partial charge is 0.481 e. The fourth-order valence-corrected chi connectivity index (χ4v) is 6.21. The zero-order valence-electron chi connectivity index (χ0n) is 18.9. The van der Waals surface area contributed by atoms with Crippen LogP contribution < -0.4 is 11.2 Å². The van der Waals surface area contributed by atoms with Crippen molar-refractivity contribution in [2.75, 3.05) is 0 Å². The number of aliphatic carboxylic acids is 1. The molecule has 0 aromatic carbocycles. The molecule has 170 valence electrons. The van der Waals surface area contributed by atoms with Gasteiger partial charge in [-0.1, -0.05) is 20.8 Å². The summed E-state index contributed by atoms with van der Waals surface area (Å²) in [6, 6.07) is 0. The minimum Gasteiger partial charge on any atom is -0.481 e. The number of aromatic amines is 1. The molecule has 8 nitrogen and oxygen atoms in total. The number of carboxylic acid groups (broad SMARTS) is 1. The third-order valence-corrected chi connectivity index (χ3v) is 7.98. The number of carbonyl (C=O) groups is 1. The molecule has 3 aliphatic carbocycles. The zero-order chi connectivity index (χ0) is 22.4. The fraction of sp³-hybridized carbons (Fsp3) is 0.739. The fourth-order valence-electron chi connectivity index (χ4n) is 6.21. The molecule has 8 heteroatoms. The minimum absolute atomic E-state index is 0.115. The minimum atomic E-state index is -0.723. The molecule has 3 saturated carbocycles. The maximum atomic E-state index is 13.1. The SMILES string of the molecule is CCCn1c(=O)c2[nH]c(C34CCC(CCC(=O)O)(CC3)C[C@H]4C)nc2n(CCC)c1=O. The average Bonchev–Trinajstić information content (AvgIpc) is 3.20. The molecule has 5 rings (SSSR count). The van der Waals surface area contributed by atoms with E-state index >= 15 is 0 Å². The number of hydrogen-bond acceptors (Lipinski definition) is 4. The van der Waals surface area contributed by atoms with Gasteiger partial charge < -0.3 is 10.1 Å². The quantitative estimate of drug-likeness (QED) is 0.667. The molecule has 2 bridgehead atoms. The van der Waals surface area contributed by atoms with E-state index in [0.29, 0.717) is 36.6 Å². The van der Waals surface area contributed by atoms with E-state index in [2.05, 4.69) is 11.9 Å². The smallest absolute Gasteiger partial charge is 0.332 e. The average molecular weight is 431 g/mol. The van der Waals surface area contributed by atoms with Gasteiger partial charge in [-0.25, -0.2) is 9.78 Å². The number of H-pyrrole nitrogens is 1. The van der Waals surface area contributed by atoms with Crippen LogP contribution >= 0.6 is 0 Å². The molecule has 0 unspecified atom stereocenters. The van der Waals surface area contributed by atoms with E-state index in [0.717, 1.165) is 50.8 Å². The van der Waals surface area contributed by atoms with Crippen molar-refractivity contribution in [3.63, 3.8) is 0 Å². The Morgan fingerprint density at radius 1 is 1.13 bits per heavy atom. The summed E-state index contributed by atoms with van der Waals surface area (Å²) < 4.78 is 2.98. The first-order valence-electron chi connectivity index (χ1n) is 11.7. The highest BCUT2D eigenvalue weighted by atomic mass is 16.4. The van der Waals surface area contributed by atoms with Gasteiger partial charge in [-0.2, -0.15) is 0 Å². The van der Waals surface area contributed by atoms with Gasteiger partial charge in [0.15, 0.2) is 5.65 Å². The van der Waals surface area contributed by atoms with Gasteiger partial charge in [0.1, 0.15) is 11.3 Å². The summed E-state index contributed by atoms with van der Waals surface area (Å²) in [5, 5.41) is 9.15. The van der Waals surface area contributed by atoms with Crippen molar-refractivity contribution in [2.24, 2.45) is 11.3 Å². The molecule has 0 spiro atoms. The second-order valence-electron chi connectivity index (χ2n) is 9.83. The van der Waals surface area contributed by atoms with Crippen LogP contribution in [-0.4, -0.2) is 30.2 Å². The summed E-state index contributed by atoms with van der Waals surface area (Å²) >= 11 is 0. The highest BCUT2D eigenvalue weighted by molar-refractivity contribution is 5.70. The molecule has 0 radical (unpaired) electrons. The lowest BCUT2D eigenvalue weighted by Crippen LogP contribution is -2.50. The van der Waals surface area contributed by atoms with Gasteiger partial charge in [-0.15, -0.1) is 0 Å². The van der Waals surface area contributed by atoms with Crippen molar-refractivity contribution in [3.8, 4) is 0 Å². The predicted molar refractivity (Wildman–Crippen MR) is 118 cm³/mol. The Morgan fingerprint density at radius 3 is 2.35 bits per heavy atom. The summed E-state index contributed by atoms with van der Waals surface area (Å²) in [7, 11) is 0. The second kappa shape index (κ2) is 7.95. The van der Waals surface area contributed by atoms with E-state index < -0.39 is 5.97 Å². The van der Waals surface area contributed by atoms with Crippen molar-refractivity contribution < 1.29 is 9.90 Å². The predicted octanol–water partition coefficient (Wildman–Crippen LogP) is 3.41. The number of hydrogen-bond donors (Lipinski definition) is 2.